The average Bonchev–Trinajstić information content (AvgIpc) is 2.55. The van der Waals surface area contributed by atoms with E-state index in [1.165, 1.54) is 16.7 Å². The van der Waals surface area contributed by atoms with E-state index in [9.17, 15) is 0 Å². The van der Waals surface area contributed by atoms with Gasteiger partial charge in [-0.25, -0.2) is 0 Å². The van der Waals surface area contributed by atoms with Crippen molar-refractivity contribution in [1.82, 2.24) is 5.32 Å². The molecule has 0 atom stereocenters. The highest BCUT2D eigenvalue weighted by molar-refractivity contribution is 5.39. The Morgan fingerprint density at radius 1 is 1.04 bits per heavy atom. The van der Waals surface area contributed by atoms with Gasteiger partial charge in [0.05, 0.1) is 7.11 Å². The molecule has 0 aromatic heterocycles. The Labute approximate surface area is 139 Å². The number of aryl methyl sites for hydroxylation is 1. The number of methoxy groups -OCH3 is 1. The predicted molar refractivity (Wildman–Crippen MR) is 95.5 cm³/mol. The molecule has 1 N–H and O–H groups in total. The lowest BCUT2D eigenvalue weighted by molar-refractivity contribution is 0.309. The normalized spacial score (nSPS) is 10.8. The van der Waals surface area contributed by atoms with Crippen LogP contribution < -0.4 is 14.8 Å². The highest BCUT2D eigenvalue weighted by atomic mass is 16.5. The van der Waals surface area contributed by atoms with Gasteiger partial charge >= 0.3 is 0 Å². The standard InChI is InChI=1S/C20H27NO2/c1-15(2)19-10-5-16(3)13-20(19)23-12-11-21-14-17-6-8-18(22-4)9-7-17/h5-10,13,15,21H,11-12,14H2,1-4H3. The highest BCUT2D eigenvalue weighted by Gasteiger charge is 2.07. The van der Waals surface area contributed by atoms with Crippen molar-refractivity contribution in [2.45, 2.75) is 33.2 Å². The van der Waals surface area contributed by atoms with Crippen LogP contribution in [0.2, 0.25) is 0 Å². The molecule has 0 saturated carbocycles. The predicted octanol–water partition coefficient (Wildman–Crippen LogP) is 4.30. The Kier molecular flexibility index (Phi) is 6.48. The van der Waals surface area contributed by atoms with Crippen LogP contribution in [0.3, 0.4) is 0 Å². The monoisotopic (exact) mass is 313 g/mol. The number of benzene rings is 2. The van der Waals surface area contributed by atoms with E-state index in [0.29, 0.717) is 12.5 Å². The summed E-state index contributed by atoms with van der Waals surface area (Å²) in [5.41, 5.74) is 3.74. The number of ether oxygens (including phenoxy) is 2. The van der Waals surface area contributed by atoms with Crippen LogP contribution in [0.4, 0.5) is 0 Å². The molecular weight excluding hydrogens is 286 g/mol. The number of rotatable bonds is 8. The molecule has 0 aliphatic carbocycles. The molecule has 0 heterocycles. The Morgan fingerprint density at radius 2 is 1.78 bits per heavy atom. The fraction of sp³-hybridized carbons (Fsp3) is 0.400. The van der Waals surface area contributed by atoms with Gasteiger partial charge in [0.15, 0.2) is 0 Å². The van der Waals surface area contributed by atoms with Gasteiger partial charge in [-0.2, -0.15) is 0 Å². The molecule has 23 heavy (non-hydrogen) atoms. The van der Waals surface area contributed by atoms with E-state index in [-0.39, 0.29) is 0 Å². The average molecular weight is 313 g/mol. The van der Waals surface area contributed by atoms with Crippen molar-refractivity contribution < 1.29 is 9.47 Å². The summed E-state index contributed by atoms with van der Waals surface area (Å²) in [6, 6.07) is 14.5. The van der Waals surface area contributed by atoms with E-state index < -0.39 is 0 Å². The summed E-state index contributed by atoms with van der Waals surface area (Å²) >= 11 is 0. The molecule has 2 aromatic carbocycles. The van der Waals surface area contributed by atoms with Gasteiger partial charge in [0.1, 0.15) is 18.1 Å². The molecule has 0 saturated heterocycles. The maximum Gasteiger partial charge on any atom is 0.123 e. The Balaban J connectivity index is 1.78. The molecule has 0 spiro atoms. The maximum absolute atomic E-state index is 5.97. The van der Waals surface area contributed by atoms with Gasteiger partial charge in [0.25, 0.3) is 0 Å². The minimum atomic E-state index is 0.470. The van der Waals surface area contributed by atoms with E-state index in [0.717, 1.165) is 24.6 Å². The van der Waals surface area contributed by atoms with Crippen LogP contribution in [0, 0.1) is 6.92 Å². The van der Waals surface area contributed by atoms with Crippen LogP contribution in [0.15, 0.2) is 42.5 Å². The van der Waals surface area contributed by atoms with Crippen molar-refractivity contribution in [1.29, 1.82) is 0 Å². The first-order chi connectivity index (χ1) is 11.1. The van der Waals surface area contributed by atoms with Gasteiger partial charge in [0.2, 0.25) is 0 Å². The third kappa shape index (κ3) is 5.29. The summed E-state index contributed by atoms with van der Waals surface area (Å²) in [6.07, 6.45) is 0. The van der Waals surface area contributed by atoms with Crippen LogP contribution in [0.25, 0.3) is 0 Å². The fourth-order valence-corrected chi connectivity index (χ4v) is 2.45. The first-order valence-electron chi connectivity index (χ1n) is 8.17. The van der Waals surface area contributed by atoms with Crippen LogP contribution in [0.5, 0.6) is 11.5 Å². The quantitative estimate of drug-likeness (QED) is 0.737. The van der Waals surface area contributed by atoms with Gasteiger partial charge in [-0.15, -0.1) is 0 Å². The smallest absolute Gasteiger partial charge is 0.123 e. The molecule has 3 nitrogen and oxygen atoms in total. The topological polar surface area (TPSA) is 30.5 Å². The lowest BCUT2D eigenvalue weighted by Gasteiger charge is -2.15. The van der Waals surface area contributed by atoms with Gasteiger partial charge in [-0.05, 0) is 47.7 Å². The molecule has 0 aliphatic heterocycles. The Hall–Kier alpha value is -2.00. The molecule has 0 fully saturated rings. The first kappa shape index (κ1) is 17.4. The number of nitrogens with one attached hydrogen (secondary N) is 1. The van der Waals surface area contributed by atoms with E-state index in [4.69, 9.17) is 9.47 Å². The highest BCUT2D eigenvalue weighted by Crippen LogP contribution is 2.27. The van der Waals surface area contributed by atoms with Gasteiger partial charge in [0, 0.05) is 13.1 Å². The van der Waals surface area contributed by atoms with E-state index in [2.05, 4.69) is 56.4 Å². The van der Waals surface area contributed by atoms with Crippen LogP contribution in [-0.2, 0) is 6.54 Å². The number of hydrogen-bond donors (Lipinski definition) is 1. The second-order valence-electron chi connectivity index (χ2n) is 6.07. The van der Waals surface area contributed by atoms with E-state index in [1.807, 2.05) is 12.1 Å². The minimum absolute atomic E-state index is 0.470. The van der Waals surface area contributed by atoms with Crippen molar-refractivity contribution in [2.24, 2.45) is 0 Å². The zero-order chi connectivity index (χ0) is 16.7. The molecule has 0 aliphatic rings. The zero-order valence-corrected chi connectivity index (χ0v) is 14.6. The molecule has 2 rings (SSSR count). The van der Waals surface area contributed by atoms with Gasteiger partial charge < -0.3 is 14.8 Å². The van der Waals surface area contributed by atoms with Crippen molar-refractivity contribution >= 4 is 0 Å². The van der Waals surface area contributed by atoms with Gasteiger partial charge in [-0.3, -0.25) is 0 Å². The molecule has 0 unspecified atom stereocenters. The summed E-state index contributed by atoms with van der Waals surface area (Å²) < 4.78 is 11.1. The lowest BCUT2D eigenvalue weighted by atomic mass is 10.0. The van der Waals surface area contributed by atoms with Crippen LogP contribution in [0.1, 0.15) is 36.5 Å². The van der Waals surface area contributed by atoms with E-state index in [1.54, 1.807) is 7.11 Å². The molecular formula is C20H27NO2. The molecule has 3 heteroatoms. The molecule has 2 aromatic rings. The summed E-state index contributed by atoms with van der Waals surface area (Å²) in [7, 11) is 1.68. The van der Waals surface area contributed by atoms with Crippen molar-refractivity contribution in [3.63, 3.8) is 0 Å². The lowest BCUT2D eigenvalue weighted by Crippen LogP contribution is -2.21. The van der Waals surface area contributed by atoms with Crippen molar-refractivity contribution in [3.05, 3.63) is 59.2 Å². The van der Waals surface area contributed by atoms with Gasteiger partial charge in [-0.1, -0.05) is 38.1 Å². The van der Waals surface area contributed by atoms with Crippen molar-refractivity contribution in [2.75, 3.05) is 20.3 Å². The minimum Gasteiger partial charge on any atom is -0.497 e. The molecule has 0 radical (unpaired) electrons. The second kappa shape index (κ2) is 8.59. The first-order valence-corrected chi connectivity index (χ1v) is 8.17. The maximum atomic E-state index is 5.97. The van der Waals surface area contributed by atoms with Crippen molar-refractivity contribution in [3.8, 4) is 11.5 Å². The zero-order valence-electron chi connectivity index (χ0n) is 14.6. The Morgan fingerprint density at radius 3 is 2.43 bits per heavy atom. The summed E-state index contributed by atoms with van der Waals surface area (Å²) in [6.45, 7) is 8.80. The largest absolute Gasteiger partial charge is 0.497 e. The summed E-state index contributed by atoms with van der Waals surface area (Å²) in [4.78, 5) is 0. The summed E-state index contributed by atoms with van der Waals surface area (Å²) in [5, 5.41) is 3.41. The second-order valence-corrected chi connectivity index (χ2v) is 6.07. The third-order valence-electron chi connectivity index (χ3n) is 3.82. The third-order valence-corrected chi connectivity index (χ3v) is 3.82. The van der Waals surface area contributed by atoms with E-state index >= 15 is 0 Å². The van der Waals surface area contributed by atoms with Crippen LogP contribution >= 0.6 is 0 Å². The SMILES string of the molecule is COc1ccc(CNCCOc2cc(C)ccc2C(C)C)cc1. The fourth-order valence-electron chi connectivity index (χ4n) is 2.45. The molecule has 0 amide bonds. The molecule has 124 valence electrons. The summed E-state index contributed by atoms with van der Waals surface area (Å²) in [5.74, 6) is 2.36. The van der Waals surface area contributed by atoms with Crippen LogP contribution in [-0.4, -0.2) is 20.3 Å². The molecule has 0 bridgehead atoms. The number of hydrogen-bond acceptors (Lipinski definition) is 3. The Bertz CT molecular complexity index is 606.